The number of fused-ring (bicyclic) bond motifs is 1. The molecule has 3 aromatic rings. The molecule has 1 aliphatic heterocycles. The molecular formula is C18H17ClN4OS. The highest BCUT2D eigenvalue weighted by molar-refractivity contribution is 7.23. The number of aromatic nitrogens is 3. The van der Waals surface area contributed by atoms with Crippen molar-refractivity contribution in [2.24, 2.45) is 5.92 Å². The van der Waals surface area contributed by atoms with Gasteiger partial charge in [-0.05, 0) is 18.9 Å². The molecule has 2 aliphatic rings. The first kappa shape index (κ1) is 15.3. The van der Waals surface area contributed by atoms with Gasteiger partial charge in [0.2, 0.25) is 5.91 Å². The van der Waals surface area contributed by atoms with Crippen LogP contribution >= 0.6 is 22.9 Å². The second-order valence-corrected chi connectivity index (χ2v) is 8.34. The summed E-state index contributed by atoms with van der Waals surface area (Å²) in [5, 5.41) is 10.4. The van der Waals surface area contributed by atoms with Crippen molar-refractivity contribution < 1.29 is 4.79 Å². The van der Waals surface area contributed by atoms with Gasteiger partial charge in [0.25, 0.3) is 0 Å². The lowest BCUT2D eigenvalue weighted by atomic mass is 10.1. The van der Waals surface area contributed by atoms with Crippen molar-refractivity contribution >= 4 is 38.9 Å². The number of halogens is 1. The Morgan fingerprint density at radius 3 is 2.92 bits per heavy atom. The van der Waals surface area contributed by atoms with E-state index in [9.17, 15) is 4.79 Å². The number of rotatable bonds is 4. The van der Waals surface area contributed by atoms with E-state index in [1.807, 2.05) is 34.0 Å². The topological polar surface area (TPSA) is 51.0 Å². The zero-order chi connectivity index (χ0) is 17.0. The van der Waals surface area contributed by atoms with E-state index in [1.165, 1.54) is 0 Å². The number of benzene rings is 1. The van der Waals surface area contributed by atoms with Crippen LogP contribution in [0.25, 0.3) is 20.7 Å². The van der Waals surface area contributed by atoms with Gasteiger partial charge in [0, 0.05) is 41.6 Å². The first-order valence-electron chi connectivity index (χ1n) is 8.56. The van der Waals surface area contributed by atoms with Crippen LogP contribution in [0.3, 0.4) is 0 Å². The van der Waals surface area contributed by atoms with Crippen molar-refractivity contribution in [2.45, 2.75) is 31.8 Å². The van der Waals surface area contributed by atoms with E-state index >= 15 is 0 Å². The summed E-state index contributed by atoms with van der Waals surface area (Å²) < 4.78 is 3.00. The lowest BCUT2D eigenvalue weighted by Crippen LogP contribution is -2.27. The smallest absolute Gasteiger partial charge is 0.223 e. The van der Waals surface area contributed by atoms with E-state index in [0.717, 1.165) is 51.6 Å². The molecule has 1 saturated heterocycles. The molecule has 0 spiro atoms. The fraction of sp³-hybridized carbons (Fsp3) is 0.389. The summed E-state index contributed by atoms with van der Waals surface area (Å²) in [5.41, 5.74) is 0.801. The van der Waals surface area contributed by atoms with Gasteiger partial charge in [0.15, 0.2) is 0 Å². The minimum atomic E-state index is 0.292. The van der Waals surface area contributed by atoms with Gasteiger partial charge < -0.3 is 4.90 Å². The van der Waals surface area contributed by atoms with E-state index in [2.05, 4.69) is 16.4 Å². The summed E-state index contributed by atoms with van der Waals surface area (Å²) in [4.78, 5) is 15.1. The first-order chi connectivity index (χ1) is 12.2. The summed E-state index contributed by atoms with van der Waals surface area (Å²) >= 11 is 8.17. The van der Waals surface area contributed by atoms with Gasteiger partial charge in [-0.1, -0.05) is 35.0 Å². The van der Waals surface area contributed by atoms with Gasteiger partial charge in [0.1, 0.15) is 5.69 Å². The molecule has 5 nitrogen and oxygen atoms in total. The molecule has 0 radical (unpaired) electrons. The van der Waals surface area contributed by atoms with Crippen molar-refractivity contribution in [3.63, 3.8) is 0 Å². The molecule has 1 saturated carbocycles. The van der Waals surface area contributed by atoms with Crippen LogP contribution in [0, 0.1) is 5.92 Å². The molecule has 0 bridgehead atoms. The van der Waals surface area contributed by atoms with Gasteiger partial charge in [-0.15, -0.1) is 16.4 Å². The normalized spacial score (nSPS) is 20.8. The fourth-order valence-electron chi connectivity index (χ4n) is 3.60. The number of amides is 1. The molecule has 7 heteroatoms. The largest absolute Gasteiger partial charge is 0.339 e. The van der Waals surface area contributed by atoms with Crippen molar-refractivity contribution in [3.8, 4) is 10.6 Å². The number of carbonyl (C=O) groups excluding carboxylic acids is 1. The molecule has 5 rings (SSSR count). The molecular weight excluding hydrogens is 356 g/mol. The van der Waals surface area contributed by atoms with Crippen molar-refractivity contribution in [1.82, 2.24) is 19.9 Å². The zero-order valence-electron chi connectivity index (χ0n) is 13.6. The summed E-state index contributed by atoms with van der Waals surface area (Å²) in [5.74, 6) is 0.612. The number of likely N-dealkylation sites (tertiary alicyclic amines) is 1. The Morgan fingerprint density at radius 1 is 1.28 bits per heavy atom. The number of carbonyl (C=O) groups is 1. The molecule has 0 N–H and O–H groups in total. The molecule has 1 aromatic carbocycles. The predicted octanol–water partition coefficient (Wildman–Crippen LogP) is 3.82. The SMILES string of the molecule is O=C1C[C@@H](Cn2cc(-c3sc4ccccc4c3Cl)nn2)CN1C1CC1. The van der Waals surface area contributed by atoms with E-state index in [-0.39, 0.29) is 0 Å². The van der Waals surface area contributed by atoms with Crippen molar-refractivity contribution in [2.75, 3.05) is 6.54 Å². The second kappa shape index (κ2) is 5.81. The van der Waals surface area contributed by atoms with Gasteiger partial charge in [0.05, 0.1) is 16.1 Å². The minimum absolute atomic E-state index is 0.292. The highest BCUT2D eigenvalue weighted by Crippen LogP contribution is 2.41. The molecule has 3 heterocycles. The molecule has 2 fully saturated rings. The third-order valence-corrected chi connectivity index (χ3v) is 6.68. The maximum absolute atomic E-state index is 12.1. The van der Waals surface area contributed by atoms with Crippen LogP contribution in [0.5, 0.6) is 0 Å². The number of nitrogens with zero attached hydrogens (tertiary/aromatic N) is 4. The monoisotopic (exact) mass is 372 g/mol. The summed E-state index contributed by atoms with van der Waals surface area (Å²) in [6.07, 6.45) is 4.89. The Morgan fingerprint density at radius 2 is 2.12 bits per heavy atom. The Bertz CT molecular complexity index is 961. The van der Waals surface area contributed by atoms with Gasteiger partial charge in [-0.2, -0.15) is 0 Å². The predicted molar refractivity (Wildman–Crippen MR) is 98.7 cm³/mol. The average molecular weight is 373 g/mol. The second-order valence-electron chi connectivity index (χ2n) is 6.91. The maximum atomic E-state index is 12.1. The zero-order valence-corrected chi connectivity index (χ0v) is 15.1. The van der Waals surface area contributed by atoms with Crippen LogP contribution in [0.1, 0.15) is 19.3 Å². The van der Waals surface area contributed by atoms with Crippen LogP contribution in [0.2, 0.25) is 5.02 Å². The number of hydrogen-bond acceptors (Lipinski definition) is 4. The molecule has 0 unspecified atom stereocenters. The van der Waals surface area contributed by atoms with Crippen LogP contribution < -0.4 is 0 Å². The Balaban J connectivity index is 1.36. The number of thiophene rings is 1. The van der Waals surface area contributed by atoms with Gasteiger partial charge in [-0.3, -0.25) is 9.48 Å². The first-order valence-corrected chi connectivity index (χ1v) is 9.75. The van der Waals surface area contributed by atoms with E-state index < -0.39 is 0 Å². The Hall–Kier alpha value is -1.92. The van der Waals surface area contributed by atoms with Crippen LogP contribution in [0.15, 0.2) is 30.5 Å². The molecule has 25 heavy (non-hydrogen) atoms. The van der Waals surface area contributed by atoms with E-state index in [1.54, 1.807) is 11.3 Å². The summed E-state index contributed by atoms with van der Waals surface area (Å²) in [6.45, 7) is 1.58. The summed E-state index contributed by atoms with van der Waals surface area (Å²) in [7, 11) is 0. The quantitative estimate of drug-likeness (QED) is 0.699. The average Bonchev–Trinajstić information content (AvgIpc) is 3.10. The third-order valence-electron chi connectivity index (χ3n) is 4.98. The number of hydrogen-bond donors (Lipinski definition) is 0. The lowest BCUT2D eigenvalue weighted by molar-refractivity contribution is -0.128. The molecule has 128 valence electrons. The van der Waals surface area contributed by atoms with E-state index in [0.29, 0.717) is 24.3 Å². The van der Waals surface area contributed by atoms with Crippen LogP contribution in [-0.2, 0) is 11.3 Å². The molecule has 2 aromatic heterocycles. The lowest BCUT2D eigenvalue weighted by Gasteiger charge is -2.15. The Labute approximate surface area is 154 Å². The molecule has 1 aliphatic carbocycles. The fourth-order valence-corrected chi connectivity index (χ4v) is 5.08. The molecule has 1 atom stereocenters. The van der Waals surface area contributed by atoms with Crippen LogP contribution in [-0.4, -0.2) is 38.4 Å². The van der Waals surface area contributed by atoms with Gasteiger partial charge in [-0.25, -0.2) is 0 Å². The molecule has 1 amide bonds. The Kier molecular flexibility index (Phi) is 3.57. The highest BCUT2D eigenvalue weighted by Gasteiger charge is 2.39. The van der Waals surface area contributed by atoms with Crippen molar-refractivity contribution in [3.05, 3.63) is 35.5 Å². The maximum Gasteiger partial charge on any atom is 0.223 e. The summed E-state index contributed by atoms with van der Waals surface area (Å²) in [6, 6.07) is 8.60. The van der Waals surface area contributed by atoms with E-state index in [4.69, 9.17) is 11.6 Å². The third kappa shape index (κ3) is 2.73. The highest BCUT2D eigenvalue weighted by atomic mass is 35.5. The van der Waals surface area contributed by atoms with Crippen LogP contribution in [0.4, 0.5) is 0 Å². The van der Waals surface area contributed by atoms with Gasteiger partial charge >= 0.3 is 0 Å². The standard InChI is InChI=1S/C18H17ClN4OS/c19-17-13-3-1-2-4-15(13)25-18(17)14-10-22(21-20-14)8-11-7-16(24)23(9-11)12-5-6-12/h1-4,10-12H,5-9H2/t11-/m0/s1. The van der Waals surface area contributed by atoms with Crippen molar-refractivity contribution in [1.29, 1.82) is 0 Å². The minimum Gasteiger partial charge on any atom is -0.339 e.